The molecule has 0 aromatic carbocycles. The average molecular weight is 177 g/mol. The standard InChI is InChI=1S/C11H15NO/c1-2-3-8-11-12-9-6-4-5-7-10(9)13-11/h9-10H,4-8H2,1H3. The molecule has 1 aliphatic carbocycles. The Labute approximate surface area is 79.4 Å². The zero-order valence-electron chi connectivity index (χ0n) is 8.05. The van der Waals surface area contributed by atoms with E-state index >= 15 is 0 Å². The van der Waals surface area contributed by atoms with Crippen LogP contribution >= 0.6 is 0 Å². The summed E-state index contributed by atoms with van der Waals surface area (Å²) in [5, 5.41) is 0. The van der Waals surface area contributed by atoms with Gasteiger partial charge in [0, 0.05) is 0 Å². The van der Waals surface area contributed by atoms with Crippen LogP contribution in [0, 0.1) is 11.8 Å². The number of hydrogen-bond acceptors (Lipinski definition) is 2. The summed E-state index contributed by atoms with van der Waals surface area (Å²) < 4.78 is 5.71. The van der Waals surface area contributed by atoms with E-state index in [1.165, 1.54) is 25.7 Å². The molecule has 0 amide bonds. The van der Waals surface area contributed by atoms with E-state index < -0.39 is 0 Å². The minimum Gasteiger partial charge on any atom is -0.475 e. The molecule has 2 unspecified atom stereocenters. The lowest BCUT2D eigenvalue weighted by atomic mass is 9.94. The van der Waals surface area contributed by atoms with Gasteiger partial charge in [-0.2, -0.15) is 0 Å². The summed E-state index contributed by atoms with van der Waals surface area (Å²) in [4.78, 5) is 4.54. The molecule has 2 aliphatic rings. The summed E-state index contributed by atoms with van der Waals surface area (Å²) in [6.45, 7) is 1.85. The molecule has 2 atom stereocenters. The molecule has 1 heterocycles. The van der Waals surface area contributed by atoms with Crippen LogP contribution in [-0.4, -0.2) is 18.0 Å². The molecule has 1 saturated carbocycles. The van der Waals surface area contributed by atoms with E-state index in [1.54, 1.807) is 0 Å². The Balaban J connectivity index is 1.95. The van der Waals surface area contributed by atoms with Gasteiger partial charge in [-0.1, -0.05) is 12.3 Å². The monoisotopic (exact) mass is 177 g/mol. The fourth-order valence-electron chi connectivity index (χ4n) is 2.00. The summed E-state index contributed by atoms with van der Waals surface area (Å²) in [6.07, 6.45) is 6.06. The Bertz CT molecular complexity index is 272. The Morgan fingerprint density at radius 1 is 1.46 bits per heavy atom. The lowest BCUT2D eigenvalue weighted by Gasteiger charge is -2.21. The zero-order chi connectivity index (χ0) is 9.10. The molecule has 2 rings (SSSR count). The topological polar surface area (TPSA) is 21.6 Å². The highest BCUT2D eigenvalue weighted by molar-refractivity contribution is 5.80. The third kappa shape index (κ3) is 1.85. The van der Waals surface area contributed by atoms with Crippen molar-refractivity contribution in [1.82, 2.24) is 0 Å². The molecule has 0 aromatic heterocycles. The van der Waals surface area contributed by atoms with E-state index in [4.69, 9.17) is 4.74 Å². The third-order valence-corrected chi connectivity index (χ3v) is 2.68. The van der Waals surface area contributed by atoms with E-state index in [0.717, 1.165) is 5.90 Å². The first-order chi connectivity index (χ1) is 6.40. The molecule has 0 spiro atoms. The fourth-order valence-corrected chi connectivity index (χ4v) is 2.00. The van der Waals surface area contributed by atoms with Crippen LogP contribution in [0.15, 0.2) is 4.99 Å². The smallest absolute Gasteiger partial charge is 0.196 e. The van der Waals surface area contributed by atoms with E-state index in [2.05, 4.69) is 16.8 Å². The number of ether oxygens (including phenoxy) is 1. The maximum atomic E-state index is 5.71. The van der Waals surface area contributed by atoms with Crippen LogP contribution in [0.5, 0.6) is 0 Å². The SMILES string of the molecule is CC#CCC1=NC2CCCCC2O1. The minimum absolute atomic E-state index is 0.377. The molecular weight excluding hydrogens is 162 g/mol. The van der Waals surface area contributed by atoms with Crippen LogP contribution in [0.1, 0.15) is 39.0 Å². The van der Waals surface area contributed by atoms with Crippen LogP contribution in [0.25, 0.3) is 0 Å². The normalized spacial score (nSPS) is 31.0. The quantitative estimate of drug-likeness (QED) is 0.562. The van der Waals surface area contributed by atoms with E-state index in [-0.39, 0.29) is 0 Å². The van der Waals surface area contributed by atoms with Crippen LogP contribution in [0.2, 0.25) is 0 Å². The van der Waals surface area contributed by atoms with Crippen molar-refractivity contribution in [2.24, 2.45) is 4.99 Å². The Kier molecular flexibility index (Phi) is 2.54. The molecule has 0 saturated heterocycles. The Hall–Kier alpha value is -0.970. The van der Waals surface area contributed by atoms with Crippen molar-refractivity contribution in [3.05, 3.63) is 0 Å². The van der Waals surface area contributed by atoms with Crippen LogP contribution < -0.4 is 0 Å². The molecule has 1 aliphatic heterocycles. The molecule has 0 bridgehead atoms. The second-order valence-electron chi connectivity index (χ2n) is 3.63. The molecular formula is C11H15NO. The summed E-state index contributed by atoms with van der Waals surface area (Å²) in [7, 11) is 0. The fraction of sp³-hybridized carbons (Fsp3) is 0.727. The number of rotatable bonds is 1. The maximum absolute atomic E-state index is 5.71. The molecule has 0 N–H and O–H groups in total. The van der Waals surface area contributed by atoms with Gasteiger partial charge in [-0.25, -0.2) is 4.99 Å². The zero-order valence-corrected chi connectivity index (χ0v) is 8.05. The van der Waals surface area contributed by atoms with Gasteiger partial charge in [0.15, 0.2) is 5.90 Å². The molecule has 70 valence electrons. The highest BCUT2D eigenvalue weighted by Gasteiger charge is 2.32. The Morgan fingerprint density at radius 2 is 2.31 bits per heavy atom. The van der Waals surface area contributed by atoms with Crippen molar-refractivity contribution < 1.29 is 4.74 Å². The van der Waals surface area contributed by atoms with E-state index in [9.17, 15) is 0 Å². The third-order valence-electron chi connectivity index (χ3n) is 2.68. The van der Waals surface area contributed by atoms with Gasteiger partial charge in [0.2, 0.25) is 0 Å². The van der Waals surface area contributed by atoms with Gasteiger partial charge in [-0.3, -0.25) is 0 Å². The highest BCUT2D eigenvalue weighted by Crippen LogP contribution is 2.28. The van der Waals surface area contributed by atoms with Crippen molar-refractivity contribution in [1.29, 1.82) is 0 Å². The molecule has 2 nitrogen and oxygen atoms in total. The molecule has 1 fully saturated rings. The molecule has 13 heavy (non-hydrogen) atoms. The van der Waals surface area contributed by atoms with Crippen LogP contribution in [0.3, 0.4) is 0 Å². The largest absolute Gasteiger partial charge is 0.475 e. The maximum Gasteiger partial charge on any atom is 0.196 e. The van der Waals surface area contributed by atoms with Crippen LogP contribution in [0.4, 0.5) is 0 Å². The van der Waals surface area contributed by atoms with Gasteiger partial charge in [-0.05, 0) is 26.2 Å². The minimum atomic E-state index is 0.377. The van der Waals surface area contributed by atoms with E-state index in [0.29, 0.717) is 18.6 Å². The van der Waals surface area contributed by atoms with Crippen molar-refractivity contribution in [2.45, 2.75) is 51.2 Å². The lowest BCUT2D eigenvalue weighted by Crippen LogP contribution is -2.25. The second kappa shape index (κ2) is 3.83. The first-order valence-corrected chi connectivity index (χ1v) is 5.03. The molecule has 0 radical (unpaired) electrons. The number of hydrogen-bond donors (Lipinski definition) is 0. The first-order valence-electron chi connectivity index (χ1n) is 5.03. The van der Waals surface area contributed by atoms with Crippen molar-refractivity contribution in [3.8, 4) is 11.8 Å². The van der Waals surface area contributed by atoms with Crippen molar-refractivity contribution >= 4 is 5.90 Å². The predicted octanol–water partition coefficient (Wildman–Crippen LogP) is 2.14. The number of fused-ring (bicyclic) bond motifs is 1. The highest BCUT2D eigenvalue weighted by atomic mass is 16.5. The number of aliphatic imine (C=N–C) groups is 1. The van der Waals surface area contributed by atoms with Gasteiger partial charge in [-0.15, -0.1) is 5.92 Å². The first kappa shape index (κ1) is 8.62. The summed E-state index contributed by atoms with van der Waals surface area (Å²) in [6, 6.07) is 0.447. The van der Waals surface area contributed by atoms with Gasteiger partial charge in [0.1, 0.15) is 6.10 Å². The summed E-state index contributed by atoms with van der Waals surface area (Å²) >= 11 is 0. The van der Waals surface area contributed by atoms with Gasteiger partial charge >= 0.3 is 0 Å². The van der Waals surface area contributed by atoms with Crippen LogP contribution in [-0.2, 0) is 4.74 Å². The predicted molar refractivity (Wildman–Crippen MR) is 52.6 cm³/mol. The number of nitrogens with zero attached hydrogens (tertiary/aromatic N) is 1. The molecule has 2 heteroatoms. The van der Waals surface area contributed by atoms with Gasteiger partial charge < -0.3 is 4.74 Å². The molecule has 0 aromatic rings. The van der Waals surface area contributed by atoms with E-state index in [1.807, 2.05) is 6.92 Å². The van der Waals surface area contributed by atoms with Gasteiger partial charge in [0.25, 0.3) is 0 Å². The average Bonchev–Trinajstić information content (AvgIpc) is 2.57. The van der Waals surface area contributed by atoms with Gasteiger partial charge in [0.05, 0.1) is 12.5 Å². The summed E-state index contributed by atoms with van der Waals surface area (Å²) in [5.74, 6) is 6.73. The summed E-state index contributed by atoms with van der Waals surface area (Å²) in [5.41, 5.74) is 0. The van der Waals surface area contributed by atoms with Crippen molar-refractivity contribution in [2.75, 3.05) is 0 Å². The lowest BCUT2D eigenvalue weighted by molar-refractivity contribution is 0.150. The second-order valence-corrected chi connectivity index (χ2v) is 3.63. The Morgan fingerprint density at radius 3 is 3.08 bits per heavy atom. The van der Waals surface area contributed by atoms with Crippen molar-refractivity contribution in [3.63, 3.8) is 0 Å².